The summed E-state index contributed by atoms with van der Waals surface area (Å²) in [5, 5.41) is 3.80. The molecule has 2 bridgehead atoms. The molecule has 1 saturated carbocycles. The van der Waals surface area contributed by atoms with Crippen molar-refractivity contribution in [2.45, 2.75) is 38.8 Å². The van der Waals surface area contributed by atoms with E-state index in [2.05, 4.69) is 5.32 Å². The van der Waals surface area contributed by atoms with Crippen molar-refractivity contribution in [3.05, 3.63) is 46.2 Å². The molecule has 2 heterocycles. The Balaban J connectivity index is 1.46. The average molecular weight is 412 g/mol. The van der Waals surface area contributed by atoms with Crippen LogP contribution in [-0.2, 0) is 20.9 Å². The van der Waals surface area contributed by atoms with E-state index in [1.54, 1.807) is 19.2 Å². The maximum absolute atomic E-state index is 13.2. The lowest BCUT2D eigenvalue weighted by atomic mass is 9.92. The van der Waals surface area contributed by atoms with Crippen LogP contribution in [0, 0.1) is 18.8 Å². The molecule has 2 amide bonds. The van der Waals surface area contributed by atoms with Crippen LogP contribution in [0.2, 0.25) is 0 Å². The molecule has 160 valence electrons. The molecule has 0 spiro atoms. The van der Waals surface area contributed by atoms with Crippen molar-refractivity contribution in [1.29, 1.82) is 0 Å². The molecule has 1 N–H and O–H groups in total. The second kappa shape index (κ2) is 8.60. The van der Waals surface area contributed by atoms with Crippen LogP contribution < -0.4 is 10.7 Å². The van der Waals surface area contributed by atoms with Crippen molar-refractivity contribution in [3.8, 4) is 0 Å². The third kappa shape index (κ3) is 3.99. The van der Waals surface area contributed by atoms with Crippen LogP contribution in [0.25, 0.3) is 10.9 Å². The largest absolute Gasteiger partial charge is 0.384 e. The molecule has 7 heteroatoms. The normalized spacial score (nSPS) is 23.0. The maximum Gasteiger partial charge on any atom is 0.242 e. The standard InChI is InChI=1S/C23H29N3O4/c1-15-11-20(27)18-5-3-4-6-19(18)26(15)14-22(29)25-12-16-7-8-17(13-25)23(16)24-21(28)9-10-30-2/h3-6,11,16-17,23H,7-10,12-14H2,1-2H3,(H,24,28)/t16-,17+,23?. The molecular weight excluding hydrogens is 382 g/mol. The van der Waals surface area contributed by atoms with Crippen molar-refractivity contribution >= 4 is 22.7 Å². The van der Waals surface area contributed by atoms with Gasteiger partial charge in [-0.3, -0.25) is 14.4 Å². The molecule has 2 aliphatic rings. The highest BCUT2D eigenvalue weighted by Gasteiger charge is 2.43. The van der Waals surface area contributed by atoms with E-state index in [0.717, 1.165) is 24.1 Å². The van der Waals surface area contributed by atoms with E-state index < -0.39 is 0 Å². The first kappa shape index (κ1) is 20.6. The van der Waals surface area contributed by atoms with Crippen molar-refractivity contribution in [1.82, 2.24) is 14.8 Å². The summed E-state index contributed by atoms with van der Waals surface area (Å²) in [5.41, 5.74) is 1.56. The lowest BCUT2D eigenvalue weighted by Crippen LogP contribution is -2.54. The summed E-state index contributed by atoms with van der Waals surface area (Å²) in [7, 11) is 1.59. The summed E-state index contributed by atoms with van der Waals surface area (Å²) in [6.07, 6.45) is 2.43. The van der Waals surface area contributed by atoms with Gasteiger partial charge in [0.1, 0.15) is 6.54 Å². The van der Waals surface area contributed by atoms with Gasteiger partial charge in [-0.05, 0) is 43.7 Å². The number of nitrogens with zero attached hydrogens (tertiary/aromatic N) is 2. The van der Waals surface area contributed by atoms with Gasteiger partial charge in [0.25, 0.3) is 0 Å². The molecule has 1 aromatic carbocycles. The van der Waals surface area contributed by atoms with Crippen LogP contribution >= 0.6 is 0 Å². The van der Waals surface area contributed by atoms with Crippen molar-refractivity contribution in [2.24, 2.45) is 11.8 Å². The van der Waals surface area contributed by atoms with Crippen LogP contribution in [-0.4, -0.2) is 54.1 Å². The number of pyridine rings is 1. The number of fused-ring (bicyclic) bond motifs is 3. The molecular formula is C23H29N3O4. The number of rotatable bonds is 6. The topological polar surface area (TPSA) is 80.6 Å². The highest BCUT2D eigenvalue weighted by Crippen LogP contribution is 2.37. The van der Waals surface area contributed by atoms with Crippen LogP contribution in [0.4, 0.5) is 0 Å². The van der Waals surface area contributed by atoms with Crippen molar-refractivity contribution in [2.75, 3.05) is 26.8 Å². The summed E-state index contributed by atoms with van der Waals surface area (Å²) in [5.74, 6) is 0.680. The number of nitrogens with one attached hydrogen (secondary N) is 1. The van der Waals surface area contributed by atoms with Gasteiger partial charge in [-0.25, -0.2) is 0 Å². The predicted molar refractivity (Wildman–Crippen MR) is 114 cm³/mol. The molecule has 4 rings (SSSR count). The number of methoxy groups -OCH3 is 1. The van der Waals surface area contributed by atoms with Gasteiger partial charge in [0.05, 0.1) is 12.1 Å². The van der Waals surface area contributed by atoms with Crippen LogP contribution in [0.5, 0.6) is 0 Å². The molecule has 30 heavy (non-hydrogen) atoms. The average Bonchev–Trinajstić information content (AvgIpc) is 2.96. The van der Waals surface area contributed by atoms with Gasteiger partial charge in [-0.1, -0.05) is 12.1 Å². The third-order valence-electron chi connectivity index (χ3n) is 6.57. The molecule has 1 saturated heterocycles. The minimum Gasteiger partial charge on any atom is -0.384 e. The zero-order chi connectivity index (χ0) is 21.3. The number of ether oxygens (including phenoxy) is 1. The molecule has 7 nitrogen and oxygen atoms in total. The first-order valence-corrected chi connectivity index (χ1v) is 10.6. The van der Waals surface area contributed by atoms with Crippen LogP contribution in [0.1, 0.15) is 25.0 Å². The van der Waals surface area contributed by atoms with E-state index in [4.69, 9.17) is 4.74 Å². The molecule has 3 atom stereocenters. The lowest BCUT2D eigenvalue weighted by Gasteiger charge is -2.38. The van der Waals surface area contributed by atoms with Crippen molar-refractivity contribution in [3.63, 3.8) is 0 Å². The number of hydrogen-bond donors (Lipinski definition) is 1. The van der Waals surface area contributed by atoms with Gasteiger partial charge in [-0.15, -0.1) is 0 Å². The van der Waals surface area contributed by atoms with Crippen LogP contribution in [0.15, 0.2) is 35.1 Å². The Labute approximate surface area is 176 Å². The number of aromatic nitrogens is 1. The van der Waals surface area contributed by atoms with Gasteiger partial charge in [0, 0.05) is 49.8 Å². The van der Waals surface area contributed by atoms with Gasteiger partial charge in [-0.2, -0.15) is 0 Å². The van der Waals surface area contributed by atoms with Gasteiger partial charge >= 0.3 is 0 Å². The fourth-order valence-corrected chi connectivity index (χ4v) is 5.01. The smallest absolute Gasteiger partial charge is 0.242 e. The number of carbonyl (C=O) groups excluding carboxylic acids is 2. The van der Waals surface area contributed by atoms with E-state index in [-0.39, 0.29) is 29.8 Å². The molecule has 2 fully saturated rings. The number of carbonyl (C=O) groups is 2. The Morgan fingerprint density at radius 3 is 2.57 bits per heavy atom. The number of para-hydroxylation sites is 1. The van der Waals surface area contributed by atoms with E-state index >= 15 is 0 Å². The SMILES string of the molecule is COCCC(=O)NC1[C@@H]2CC[C@H]1CN(C(=O)Cn1c(C)cc(=O)c3ccccc31)C2. The quantitative estimate of drug-likeness (QED) is 0.785. The summed E-state index contributed by atoms with van der Waals surface area (Å²) < 4.78 is 6.92. The Kier molecular flexibility index (Phi) is 5.90. The van der Waals surface area contributed by atoms with Gasteiger partial charge in [0.15, 0.2) is 5.43 Å². The number of hydrogen-bond acceptors (Lipinski definition) is 4. The maximum atomic E-state index is 13.2. The van der Waals surface area contributed by atoms with E-state index in [9.17, 15) is 14.4 Å². The number of likely N-dealkylation sites (tertiary alicyclic amines) is 1. The van der Waals surface area contributed by atoms with E-state index in [0.29, 0.717) is 43.3 Å². The summed E-state index contributed by atoms with van der Waals surface area (Å²) in [4.78, 5) is 39.5. The van der Waals surface area contributed by atoms with Gasteiger partial charge < -0.3 is 19.5 Å². The highest BCUT2D eigenvalue weighted by molar-refractivity contribution is 5.83. The number of benzene rings is 1. The Morgan fingerprint density at radius 2 is 1.87 bits per heavy atom. The number of amides is 2. The highest BCUT2D eigenvalue weighted by atomic mass is 16.5. The monoisotopic (exact) mass is 411 g/mol. The van der Waals surface area contributed by atoms with Crippen molar-refractivity contribution < 1.29 is 14.3 Å². The minimum atomic E-state index is -0.0186. The van der Waals surface area contributed by atoms with E-state index in [1.165, 1.54) is 0 Å². The Morgan fingerprint density at radius 1 is 1.17 bits per heavy atom. The van der Waals surface area contributed by atoms with Crippen LogP contribution in [0.3, 0.4) is 0 Å². The minimum absolute atomic E-state index is 0.0186. The number of aryl methyl sites for hydroxylation is 1. The zero-order valence-corrected chi connectivity index (χ0v) is 17.6. The molecule has 1 aliphatic carbocycles. The Hall–Kier alpha value is -2.67. The second-order valence-electron chi connectivity index (χ2n) is 8.49. The fraction of sp³-hybridized carbons (Fsp3) is 0.522. The molecule has 0 radical (unpaired) electrons. The van der Waals surface area contributed by atoms with E-state index in [1.807, 2.05) is 34.6 Å². The number of piperidine rings is 1. The second-order valence-corrected chi connectivity index (χ2v) is 8.49. The molecule has 1 aliphatic heterocycles. The Bertz CT molecular complexity index is 1000. The summed E-state index contributed by atoms with van der Waals surface area (Å²) in [6.45, 7) is 3.85. The summed E-state index contributed by atoms with van der Waals surface area (Å²) in [6, 6.07) is 9.17. The molecule has 2 aromatic rings. The van der Waals surface area contributed by atoms with Gasteiger partial charge in [0.2, 0.25) is 11.8 Å². The fourth-order valence-electron chi connectivity index (χ4n) is 5.01. The first-order chi connectivity index (χ1) is 14.5. The zero-order valence-electron chi connectivity index (χ0n) is 17.6. The summed E-state index contributed by atoms with van der Waals surface area (Å²) >= 11 is 0. The first-order valence-electron chi connectivity index (χ1n) is 10.6. The predicted octanol–water partition coefficient (Wildman–Crippen LogP) is 1.70. The molecule has 1 aromatic heterocycles. The third-order valence-corrected chi connectivity index (χ3v) is 6.57. The lowest BCUT2D eigenvalue weighted by molar-refractivity contribution is -0.134. The molecule has 1 unspecified atom stereocenters.